The fraction of sp³-hybridized carbons (Fsp3) is 0.263. The third-order valence-corrected chi connectivity index (χ3v) is 4.03. The molecule has 0 aliphatic heterocycles. The third kappa shape index (κ3) is 5.03. The summed E-state index contributed by atoms with van der Waals surface area (Å²) in [4.78, 5) is 26.4. The summed E-state index contributed by atoms with van der Waals surface area (Å²) in [6, 6.07) is 10.4. The predicted molar refractivity (Wildman–Crippen MR) is 97.7 cm³/mol. The van der Waals surface area contributed by atoms with Crippen molar-refractivity contribution in [2.45, 2.75) is 19.8 Å². The van der Waals surface area contributed by atoms with Crippen molar-refractivity contribution in [2.75, 3.05) is 18.9 Å². The number of nitrogens with zero attached hydrogens (tertiary/aromatic N) is 1. The van der Waals surface area contributed by atoms with Crippen LogP contribution in [0.4, 0.5) is 10.1 Å². The van der Waals surface area contributed by atoms with Crippen molar-refractivity contribution in [3.63, 3.8) is 0 Å². The highest BCUT2D eigenvalue weighted by atomic mass is 35.5. The second kappa shape index (κ2) is 8.62. The van der Waals surface area contributed by atoms with E-state index in [1.54, 1.807) is 36.2 Å². The zero-order valence-corrected chi connectivity index (χ0v) is 14.9. The van der Waals surface area contributed by atoms with Crippen molar-refractivity contribution < 1.29 is 14.0 Å². The van der Waals surface area contributed by atoms with Gasteiger partial charge in [0, 0.05) is 30.4 Å². The largest absolute Gasteiger partial charge is 0.342 e. The summed E-state index contributed by atoms with van der Waals surface area (Å²) < 4.78 is 13.2. The third-order valence-electron chi connectivity index (χ3n) is 3.74. The molecular weight excluding hydrogens is 343 g/mol. The first-order valence-corrected chi connectivity index (χ1v) is 8.42. The average Bonchev–Trinajstić information content (AvgIpc) is 2.62. The molecule has 2 aromatic carbocycles. The van der Waals surface area contributed by atoms with E-state index >= 15 is 0 Å². The van der Waals surface area contributed by atoms with Gasteiger partial charge in [0.15, 0.2) is 0 Å². The molecule has 2 aromatic rings. The van der Waals surface area contributed by atoms with Crippen molar-refractivity contribution in [3.8, 4) is 0 Å². The van der Waals surface area contributed by atoms with E-state index in [2.05, 4.69) is 12.2 Å². The Kier molecular flexibility index (Phi) is 6.53. The van der Waals surface area contributed by atoms with Crippen molar-refractivity contribution in [3.05, 3.63) is 64.4 Å². The van der Waals surface area contributed by atoms with Crippen LogP contribution in [0.1, 0.15) is 40.5 Å². The molecule has 0 fully saturated rings. The standard InChI is InChI=1S/C19H20ClFN2O2/c1-3-4-10-23(2)19(25)14-7-5-6-13(11-14)18(24)22-15-8-9-17(21)16(20)12-15/h5-9,11-12H,3-4,10H2,1-2H3,(H,22,24). The zero-order valence-electron chi connectivity index (χ0n) is 14.2. The second-order valence-electron chi connectivity index (χ2n) is 5.74. The molecular formula is C19H20ClFN2O2. The number of rotatable bonds is 6. The Morgan fingerprint density at radius 1 is 1.16 bits per heavy atom. The van der Waals surface area contributed by atoms with Gasteiger partial charge in [-0.25, -0.2) is 4.39 Å². The van der Waals surface area contributed by atoms with Gasteiger partial charge in [0.25, 0.3) is 11.8 Å². The highest BCUT2D eigenvalue weighted by Crippen LogP contribution is 2.20. The predicted octanol–water partition coefficient (Wildman–Crippen LogP) is 4.60. The zero-order chi connectivity index (χ0) is 18.4. The lowest BCUT2D eigenvalue weighted by Crippen LogP contribution is -2.28. The molecule has 0 radical (unpaired) electrons. The Bertz CT molecular complexity index is 780. The van der Waals surface area contributed by atoms with E-state index in [-0.39, 0.29) is 10.9 Å². The summed E-state index contributed by atoms with van der Waals surface area (Å²) in [5.74, 6) is -1.08. The number of hydrogen-bond donors (Lipinski definition) is 1. The Morgan fingerprint density at radius 3 is 2.56 bits per heavy atom. The van der Waals surface area contributed by atoms with Crippen LogP contribution in [0.25, 0.3) is 0 Å². The van der Waals surface area contributed by atoms with Gasteiger partial charge in [-0.1, -0.05) is 31.0 Å². The van der Waals surface area contributed by atoms with Crippen LogP contribution in [-0.2, 0) is 0 Å². The topological polar surface area (TPSA) is 49.4 Å². The van der Waals surface area contributed by atoms with Gasteiger partial charge in [-0.2, -0.15) is 0 Å². The number of unbranched alkanes of at least 4 members (excludes halogenated alkanes) is 1. The van der Waals surface area contributed by atoms with Crippen LogP contribution in [0.5, 0.6) is 0 Å². The number of anilines is 1. The maximum atomic E-state index is 13.2. The summed E-state index contributed by atoms with van der Waals surface area (Å²) in [5, 5.41) is 2.57. The van der Waals surface area contributed by atoms with E-state index in [1.165, 1.54) is 18.2 Å². The smallest absolute Gasteiger partial charge is 0.255 e. The van der Waals surface area contributed by atoms with Gasteiger partial charge in [0.2, 0.25) is 0 Å². The Balaban J connectivity index is 2.13. The molecule has 25 heavy (non-hydrogen) atoms. The monoisotopic (exact) mass is 362 g/mol. The number of benzene rings is 2. The normalized spacial score (nSPS) is 10.4. The maximum Gasteiger partial charge on any atom is 0.255 e. The minimum atomic E-state index is -0.553. The average molecular weight is 363 g/mol. The Hall–Kier alpha value is -2.40. The molecule has 6 heteroatoms. The Morgan fingerprint density at radius 2 is 1.88 bits per heavy atom. The van der Waals surface area contributed by atoms with Crippen LogP contribution in [0.3, 0.4) is 0 Å². The number of carbonyl (C=O) groups excluding carboxylic acids is 2. The van der Waals surface area contributed by atoms with Crippen LogP contribution >= 0.6 is 11.6 Å². The molecule has 0 spiro atoms. The summed E-state index contributed by atoms with van der Waals surface area (Å²) in [5.41, 5.74) is 1.17. The van der Waals surface area contributed by atoms with Crippen LogP contribution in [0, 0.1) is 5.82 Å². The minimum absolute atomic E-state index is 0.0701. The molecule has 2 amide bonds. The van der Waals surface area contributed by atoms with Gasteiger partial charge >= 0.3 is 0 Å². The van der Waals surface area contributed by atoms with Gasteiger partial charge in [-0.15, -0.1) is 0 Å². The van der Waals surface area contributed by atoms with E-state index in [0.717, 1.165) is 12.8 Å². The second-order valence-corrected chi connectivity index (χ2v) is 6.15. The first-order valence-electron chi connectivity index (χ1n) is 8.04. The van der Waals surface area contributed by atoms with Gasteiger partial charge in [0.1, 0.15) is 5.82 Å². The van der Waals surface area contributed by atoms with E-state index in [4.69, 9.17) is 11.6 Å². The molecule has 0 unspecified atom stereocenters. The van der Waals surface area contributed by atoms with Crippen LogP contribution < -0.4 is 5.32 Å². The van der Waals surface area contributed by atoms with Crippen molar-refractivity contribution in [2.24, 2.45) is 0 Å². The van der Waals surface area contributed by atoms with Crippen molar-refractivity contribution in [1.29, 1.82) is 0 Å². The Labute approximate surface area is 151 Å². The number of hydrogen-bond acceptors (Lipinski definition) is 2. The molecule has 0 saturated carbocycles. The van der Waals surface area contributed by atoms with Gasteiger partial charge < -0.3 is 10.2 Å². The van der Waals surface area contributed by atoms with Gasteiger partial charge in [-0.3, -0.25) is 9.59 Å². The first kappa shape index (κ1) is 18.9. The first-order chi connectivity index (χ1) is 11.9. The lowest BCUT2D eigenvalue weighted by Gasteiger charge is -2.17. The maximum absolute atomic E-state index is 13.2. The molecule has 2 rings (SSSR count). The lowest BCUT2D eigenvalue weighted by atomic mass is 10.1. The molecule has 0 atom stereocenters. The molecule has 4 nitrogen and oxygen atoms in total. The summed E-state index contributed by atoms with van der Waals surface area (Å²) in [7, 11) is 1.74. The van der Waals surface area contributed by atoms with Crippen LogP contribution in [0.15, 0.2) is 42.5 Å². The van der Waals surface area contributed by atoms with Crippen molar-refractivity contribution in [1.82, 2.24) is 4.90 Å². The minimum Gasteiger partial charge on any atom is -0.342 e. The summed E-state index contributed by atoms with van der Waals surface area (Å²) in [6.45, 7) is 2.73. The summed E-state index contributed by atoms with van der Waals surface area (Å²) >= 11 is 5.71. The molecule has 0 aliphatic rings. The molecule has 0 bridgehead atoms. The molecule has 0 heterocycles. The highest BCUT2D eigenvalue weighted by Gasteiger charge is 2.14. The SMILES string of the molecule is CCCCN(C)C(=O)c1cccc(C(=O)Nc2ccc(F)c(Cl)c2)c1. The van der Waals surface area contributed by atoms with Gasteiger partial charge in [0.05, 0.1) is 5.02 Å². The van der Waals surface area contributed by atoms with Crippen LogP contribution in [-0.4, -0.2) is 30.3 Å². The summed E-state index contributed by atoms with van der Waals surface area (Å²) in [6.07, 6.45) is 1.92. The van der Waals surface area contributed by atoms with E-state index in [9.17, 15) is 14.0 Å². The van der Waals surface area contributed by atoms with Crippen LogP contribution in [0.2, 0.25) is 5.02 Å². The highest BCUT2D eigenvalue weighted by molar-refractivity contribution is 6.31. The lowest BCUT2D eigenvalue weighted by molar-refractivity contribution is 0.0793. The molecule has 0 aromatic heterocycles. The molecule has 132 valence electrons. The fourth-order valence-electron chi connectivity index (χ4n) is 2.29. The number of nitrogens with one attached hydrogen (secondary N) is 1. The molecule has 0 saturated heterocycles. The fourth-order valence-corrected chi connectivity index (χ4v) is 2.47. The van der Waals surface area contributed by atoms with Crippen molar-refractivity contribution >= 4 is 29.1 Å². The number of halogens is 2. The van der Waals surface area contributed by atoms with E-state index < -0.39 is 11.7 Å². The number of carbonyl (C=O) groups is 2. The van der Waals surface area contributed by atoms with Gasteiger partial charge in [-0.05, 0) is 42.8 Å². The van der Waals surface area contributed by atoms with E-state index in [1.807, 2.05) is 0 Å². The molecule has 0 aliphatic carbocycles. The molecule has 1 N–H and O–H groups in total. The number of amides is 2. The quantitative estimate of drug-likeness (QED) is 0.816. The van der Waals surface area contributed by atoms with E-state index in [0.29, 0.717) is 23.4 Å².